The summed E-state index contributed by atoms with van der Waals surface area (Å²) in [5.41, 5.74) is 10.0. The number of carbonyl (C=O) groups is 1. The minimum absolute atomic E-state index is 0.285. The first-order chi connectivity index (χ1) is 12.7. The molecule has 3 aromatic rings. The summed E-state index contributed by atoms with van der Waals surface area (Å²) in [7, 11) is 1.61. The zero-order valence-corrected chi connectivity index (χ0v) is 14.6. The predicted molar refractivity (Wildman–Crippen MR) is 104 cm³/mol. The molecule has 1 amide bonds. The predicted octanol–water partition coefficient (Wildman–Crippen LogP) is 2.84. The average Bonchev–Trinajstić information content (AvgIpc) is 2.67. The first kappa shape index (κ1) is 17.3. The van der Waals surface area contributed by atoms with E-state index in [4.69, 9.17) is 5.73 Å². The van der Waals surface area contributed by atoms with Crippen molar-refractivity contribution >= 4 is 23.0 Å². The van der Waals surface area contributed by atoms with Gasteiger partial charge in [-0.05, 0) is 30.2 Å². The van der Waals surface area contributed by atoms with Crippen LogP contribution in [-0.4, -0.2) is 29.1 Å². The highest BCUT2D eigenvalue weighted by Crippen LogP contribution is 2.30. The van der Waals surface area contributed by atoms with Crippen molar-refractivity contribution in [3.63, 3.8) is 0 Å². The van der Waals surface area contributed by atoms with Crippen LogP contribution in [0.3, 0.4) is 0 Å². The van der Waals surface area contributed by atoms with Crippen LogP contribution in [0.4, 0.5) is 0 Å². The van der Waals surface area contributed by atoms with Gasteiger partial charge in [0.1, 0.15) is 0 Å². The number of hydrogen-bond donors (Lipinski definition) is 2. The number of nitrogens with two attached hydrogens (primary N) is 1. The second kappa shape index (κ2) is 7.57. The van der Waals surface area contributed by atoms with E-state index in [-0.39, 0.29) is 5.91 Å². The molecule has 0 fully saturated rings. The Hall–Kier alpha value is -3.54. The van der Waals surface area contributed by atoms with Crippen molar-refractivity contribution in [3.8, 4) is 11.1 Å². The largest absolute Gasteiger partial charge is 0.403 e. The molecule has 6 nitrogen and oxygen atoms in total. The second-order valence-electron chi connectivity index (χ2n) is 5.70. The topological polar surface area (TPSA) is 93.3 Å². The highest BCUT2D eigenvalue weighted by atomic mass is 16.1. The molecule has 2 aromatic heterocycles. The summed E-state index contributed by atoms with van der Waals surface area (Å²) in [5, 5.41) is 3.75. The molecular formula is C20H19N5O. The summed E-state index contributed by atoms with van der Waals surface area (Å²) in [4.78, 5) is 25.2. The molecule has 0 radical (unpaired) electrons. The Bertz CT molecular complexity index is 1020. The van der Waals surface area contributed by atoms with Crippen LogP contribution in [0, 0.1) is 6.92 Å². The van der Waals surface area contributed by atoms with Crippen molar-refractivity contribution in [2.45, 2.75) is 6.92 Å². The first-order valence-corrected chi connectivity index (χ1v) is 8.10. The third-order valence-electron chi connectivity index (χ3n) is 4.10. The fraction of sp³-hybridized carbons (Fsp3) is 0.100. The van der Waals surface area contributed by atoms with Crippen LogP contribution in [-0.2, 0) is 0 Å². The van der Waals surface area contributed by atoms with E-state index < -0.39 is 0 Å². The van der Waals surface area contributed by atoms with Crippen molar-refractivity contribution in [1.29, 1.82) is 0 Å². The maximum absolute atomic E-state index is 12.6. The van der Waals surface area contributed by atoms with Gasteiger partial charge in [-0.15, -0.1) is 0 Å². The third-order valence-corrected chi connectivity index (χ3v) is 4.10. The molecule has 6 heteroatoms. The molecule has 1 aromatic carbocycles. The van der Waals surface area contributed by atoms with E-state index in [0.717, 1.165) is 27.6 Å². The summed E-state index contributed by atoms with van der Waals surface area (Å²) in [6, 6.07) is 9.82. The minimum Gasteiger partial charge on any atom is -0.403 e. The van der Waals surface area contributed by atoms with Crippen LogP contribution >= 0.6 is 0 Å². The van der Waals surface area contributed by atoms with Crippen LogP contribution in [0.2, 0.25) is 0 Å². The highest BCUT2D eigenvalue weighted by molar-refractivity contribution is 6.02. The lowest BCUT2D eigenvalue weighted by atomic mass is 9.96. The van der Waals surface area contributed by atoms with Crippen LogP contribution < -0.4 is 11.1 Å². The summed E-state index contributed by atoms with van der Waals surface area (Å²) in [6.45, 7) is 1.90. The molecule has 3 rings (SSSR count). The van der Waals surface area contributed by atoms with Crippen molar-refractivity contribution in [3.05, 3.63) is 71.9 Å². The Morgan fingerprint density at radius 2 is 2.04 bits per heavy atom. The van der Waals surface area contributed by atoms with Gasteiger partial charge >= 0.3 is 0 Å². The van der Waals surface area contributed by atoms with Crippen molar-refractivity contribution < 1.29 is 4.79 Å². The average molecular weight is 345 g/mol. The maximum Gasteiger partial charge on any atom is 0.257 e. The lowest BCUT2D eigenvalue weighted by molar-refractivity contribution is 0.0967. The molecule has 26 heavy (non-hydrogen) atoms. The number of amides is 1. The van der Waals surface area contributed by atoms with Gasteiger partial charge in [0, 0.05) is 49.0 Å². The minimum atomic E-state index is -0.285. The van der Waals surface area contributed by atoms with Gasteiger partial charge in [0.15, 0.2) is 0 Å². The van der Waals surface area contributed by atoms with Crippen molar-refractivity contribution in [2.24, 2.45) is 10.7 Å². The Morgan fingerprint density at radius 1 is 1.19 bits per heavy atom. The fourth-order valence-electron chi connectivity index (χ4n) is 2.82. The molecule has 3 N–H and O–H groups in total. The number of carbonyl (C=O) groups excluding carboxylic acids is 1. The molecule has 130 valence electrons. The summed E-state index contributed by atoms with van der Waals surface area (Å²) in [5.74, 6) is -0.285. The lowest BCUT2D eigenvalue weighted by Crippen LogP contribution is -2.25. The Morgan fingerprint density at radius 3 is 2.81 bits per heavy atom. The molecular weight excluding hydrogens is 326 g/mol. The number of allylic oxidation sites excluding steroid dienone is 1. The molecule has 0 aliphatic carbocycles. The van der Waals surface area contributed by atoms with E-state index >= 15 is 0 Å². The number of aromatic nitrogens is 2. The highest BCUT2D eigenvalue weighted by Gasteiger charge is 2.15. The zero-order chi connectivity index (χ0) is 18.5. The smallest absolute Gasteiger partial charge is 0.257 e. The van der Waals surface area contributed by atoms with Gasteiger partial charge < -0.3 is 11.1 Å². The van der Waals surface area contributed by atoms with Crippen molar-refractivity contribution in [1.82, 2.24) is 15.3 Å². The van der Waals surface area contributed by atoms with Crippen LogP contribution in [0.1, 0.15) is 15.9 Å². The quantitative estimate of drug-likeness (QED) is 0.711. The van der Waals surface area contributed by atoms with Gasteiger partial charge in [-0.2, -0.15) is 0 Å². The Balaban J connectivity index is 2.06. The van der Waals surface area contributed by atoms with E-state index in [1.807, 2.05) is 37.3 Å². The molecule has 2 heterocycles. The molecule has 0 aliphatic rings. The van der Waals surface area contributed by atoms with Crippen LogP contribution in [0.25, 0.3) is 22.0 Å². The van der Waals surface area contributed by atoms with Gasteiger partial charge in [-0.1, -0.05) is 18.2 Å². The van der Waals surface area contributed by atoms with Crippen LogP contribution in [0.15, 0.2) is 65.8 Å². The van der Waals surface area contributed by atoms with Gasteiger partial charge in [-0.3, -0.25) is 19.8 Å². The number of nitrogens with zero attached hydrogens (tertiary/aromatic N) is 3. The SMILES string of the molecule is CN=C/C(=C\N)NC(=O)c1cncc(-c2cccc3ncccc23)c1C. The molecule has 0 aliphatic heterocycles. The number of hydrogen-bond acceptors (Lipinski definition) is 5. The normalized spacial score (nSPS) is 11.8. The van der Waals surface area contributed by atoms with Crippen LogP contribution in [0.5, 0.6) is 0 Å². The molecule has 0 bridgehead atoms. The first-order valence-electron chi connectivity index (χ1n) is 8.10. The van der Waals surface area contributed by atoms with Crippen molar-refractivity contribution in [2.75, 3.05) is 7.05 Å². The van der Waals surface area contributed by atoms with E-state index in [1.165, 1.54) is 12.4 Å². The molecule has 0 saturated heterocycles. The number of aliphatic imine (C=N–C) groups is 1. The lowest BCUT2D eigenvalue weighted by Gasteiger charge is -2.13. The molecule has 0 atom stereocenters. The van der Waals surface area contributed by atoms with E-state index in [9.17, 15) is 4.79 Å². The standard InChI is InChI=1S/C20H19N5O/c1-13-17(15-5-3-7-19-16(15)6-4-8-24-19)11-23-12-18(13)20(26)25-14(9-21)10-22-2/h3-12H,21H2,1-2H3,(H,25,26)/b14-9+,22-10?. The molecule has 0 saturated carbocycles. The van der Waals surface area contributed by atoms with E-state index in [2.05, 4.69) is 20.3 Å². The summed E-state index contributed by atoms with van der Waals surface area (Å²) in [6.07, 6.45) is 7.86. The number of fused-ring (bicyclic) bond motifs is 1. The van der Waals surface area contributed by atoms with Gasteiger partial charge in [0.25, 0.3) is 5.91 Å². The van der Waals surface area contributed by atoms with Gasteiger partial charge in [0.05, 0.1) is 16.8 Å². The fourth-order valence-corrected chi connectivity index (χ4v) is 2.82. The second-order valence-corrected chi connectivity index (χ2v) is 5.70. The zero-order valence-electron chi connectivity index (χ0n) is 14.6. The number of pyridine rings is 2. The Kier molecular flexibility index (Phi) is 5.03. The number of nitrogens with one attached hydrogen (secondary N) is 1. The number of benzene rings is 1. The van der Waals surface area contributed by atoms with E-state index in [0.29, 0.717) is 11.3 Å². The summed E-state index contributed by atoms with van der Waals surface area (Å²) >= 11 is 0. The molecule has 0 spiro atoms. The summed E-state index contributed by atoms with van der Waals surface area (Å²) < 4.78 is 0. The van der Waals surface area contributed by atoms with Gasteiger partial charge in [0.2, 0.25) is 0 Å². The Labute approximate surface area is 151 Å². The van der Waals surface area contributed by atoms with Gasteiger partial charge in [-0.25, -0.2) is 0 Å². The monoisotopic (exact) mass is 345 g/mol. The van der Waals surface area contributed by atoms with E-state index in [1.54, 1.807) is 25.6 Å². The number of rotatable bonds is 4. The third kappa shape index (κ3) is 3.30. The molecule has 0 unspecified atom stereocenters. The maximum atomic E-state index is 12.6.